The van der Waals surface area contributed by atoms with Crippen LogP contribution in [0.15, 0.2) is 67.2 Å². The second-order valence-corrected chi connectivity index (χ2v) is 6.24. The Morgan fingerprint density at radius 1 is 1.14 bits per heavy atom. The van der Waals surface area contributed by atoms with Crippen LogP contribution in [0.1, 0.15) is 11.4 Å². The minimum Gasteiger partial charge on any atom is -0.485 e. The number of nitrogens with zero attached hydrogens (tertiary/aromatic N) is 3. The summed E-state index contributed by atoms with van der Waals surface area (Å²) in [4.78, 5) is 28.9. The van der Waals surface area contributed by atoms with Crippen LogP contribution < -0.4 is 16.2 Å². The average Bonchev–Trinajstić information content (AvgIpc) is 3.27. The Bertz CT molecular complexity index is 1210. The van der Waals surface area contributed by atoms with Gasteiger partial charge in [0.25, 0.3) is 5.89 Å². The molecule has 4 rings (SSSR count). The Balaban J connectivity index is 1.43. The van der Waals surface area contributed by atoms with Crippen molar-refractivity contribution in [2.75, 3.05) is 0 Å². The molecule has 0 atom stereocenters. The molecule has 0 amide bonds. The van der Waals surface area contributed by atoms with Crippen LogP contribution in [0.5, 0.6) is 5.75 Å². The fourth-order valence-corrected chi connectivity index (χ4v) is 2.61. The summed E-state index contributed by atoms with van der Waals surface area (Å²) in [5.74, 6) is 0.487. The first-order valence-electron chi connectivity index (χ1n) is 8.17. The highest BCUT2D eigenvalue weighted by Crippen LogP contribution is 2.20. The van der Waals surface area contributed by atoms with Gasteiger partial charge in [-0.3, -0.25) is 0 Å². The number of benzene rings is 2. The minimum atomic E-state index is -0.800. The van der Waals surface area contributed by atoms with Crippen LogP contribution in [0.4, 0.5) is 0 Å². The van der Waals surface area contributed by atoms with Gasteiger partial charge in [-0.25, -0.2) is 14.6 Å². The molecule has 0 bridgehead atoms. The summed E-state index contributed by atoms with van der Waals surface area (Å²) in [6.45, 7) is 0.192. The van der Waals surface area contributed by atoms with Crippen molar-refractivity contribution in [1.29, 1.82) is 0 Å². The quantitative estimate of drug-likeness (QED) is 0.528. The molecule has 0 fully saturated rings. The zero-order valence-electron chi connectivity index (χ0n) is 14.3. The summed E-state index contributed by atoms with van der Waals surface area (Å²) < 4.78 is 16.6. The largest absolute Gasteiger partial charge is 0.485 e. The molecule has 142 valence electrons. The maximum absolute atomic E-state index is 11.5. The van der Waals surface area contributed by atoms with Crippen LogP contribution in [-0.2, 0) is 13.2 Å². The van der Waals surface area contributed by atoms with E-state index in [4.69, 9.17) is 25.4 Å². The zero-order valence-corrected chi connectivity index (χ0v) is 15.0. The number of ether oxygens (including phenoxy) is 1. The molecule has 0 spiro atoms. The number of nitrogens with one attached hydrogen (secondary N) is 1. The summed E-state index contributed by atoms with van der Waals surface area (Å²) in [5, 5.41) is 4.51. The molecule has 0 radical (unpaired) electrons. The molecule has 28 heavy (non-hydrogen) atoms. The summed E-state index contributed by atoms with van der Waals surface area (Å²) in [5.41, 5.74) is 0.860. The molecular weight excluding hydrogens is 388 g/mol. The molecule has 0 aliphatic heterocycles. The van der Waals surface area contributed by atoms with E-state index in [0.717, 1.165) is 15.9 Å². The maximum Gasteiger partial charge on any atom is 0.440 e. The molecule has 2 heterocycles. The van der Waals surface area contributed by atoms with Crippen molar-refractivity contribution < 1.29 is 13.8 Å². The zero-order chi connectivity index (χ0) is 19.5. The van der Waals surface area contributed by atoms with Crippen molar-refractivity contribution in [2.24, 2.45) is 0 Å². The number of halogens is 1. The highest BCUT2D eigenvalue weighted by Gasteiger charge is 2.10. The predicted molar refractivity (Wildman–Crippen MR) is 98.2 cm³/mol. The van der Waals surface area contributed by atoms with Crippen LogP contribution in [0, 0.1) is 0 Å². The average molecular weight is 401 g/mol. The predicted octanol–water partition coefficient (Wildman–Crippen LogP) is 2.46. The Labute approximate surface area is 162 Å². The van der Waals surface area contributed by atoms with Crippen LogP contribution in [0.25, 0.3) is 11.5 Å². The van der Waals surface area contributed by atoms with Crippen LogP contribution in [0.3, 0.4) is 0 Å². The van der Waals surface area contributed by atoms with E-state index < -0.39 is 11.4 Å². The van der Waals surface area contributed by atoms with Gasteiger partial charge >= 0.3 is 11.4 Å². The summed E-state index contributed by atoms with van der Waals surface area (Å²) >= 11 is 5.87. The topological polar surface area (TPSA) is 116 Å². The SMILES string of the molecule is O=c1[nH]c(=O)n(Cc2cccc(OCc3noc(-c4ccc(Cl)cc4)n3)c2)o1. The summed E-state index contributed by atoms with van der Waals surface area (Å²) in [7, 11) is 0. The van der Waals surface area contributed by atoms with Gasteiger partial charge in [-0.15, -0.1) is 4.74 Å². The van der Waals surface area contributed by atoms with E-state index in [0.29, 0.717) is 22.5 Å². The van der Waals surface area contributed by atoms with Crippen molar-refractivity contribution in [1.82, 2.24) is 19.9 Å². The van der Waals surface area contributed by atoms with Crippen molar-refractivity contribution in [3.8, 4) is 17.2 Å². The van der Waals surface area contributed by atoms with Gasteiger partial charge in [-0.2, -0.15) is 4.98 Å². The Kier molecular flexibility index (Phi) is 4.81. The molecule has 0 unspecified atom stereocenters. The lowest BCUT2D eigenvalue weighted by Crippen LogP contribution is -2.17. The third kappa shape index (κ3) is 4.04. The number of aromatic nitrogens is 4. The molecule has 0 saturated carbocycles. The van der Waals surface area contributed by atoms with Crippen molar-refractivity contribution >= 4 is 11.6 Å². The number of hydrogen-bond donors (Lipinski definition) is 1. The molecular formula is C18H13ClN4O5. The van der Waals surface area contributed by atoms with Gasteiger partial charge < -0.3 is 13.8 Å². The van der Waals surface area contributed by atoms with Crippen LogP contribution >= 0.6 is 11.6 Å². The lowest BCUT2D eigenvalue weighted by atomic mass is 10.2. The molecule has 4 aromatic rings. The number of aromatic amines is 1. The Morgan fingerprint density at radius 3 is 2.71 bits per heavy atom. The summed E-state index contributed by atoms with van der Waals surface area (Å²) in [6, 6.07) is 14.0. The van der Waals surface area contributed by atoms with Crippen molar-refractivity contribution in [3.05, 3.63) is 86.0 Å². The van der Waals surface area contributed by atoms with Gasteiger partial charge in [0, 0.05) is 10.6 Å². The number of rotatable bonds is 6. The van der Waals surface area contributed by atoms with E-state index in [-0.39, 0.29) is 13.2 Å². The standard InChI is InChI=1S/C18H13ClN4O5/c19-13-6-4-12(5-7-13)16-20-15(22-27-16)10-26-14-3-1-2-11(8-14)9-23-17(24)21-18(25)28-23/h1-8H,9-10H2,(H,21,24,25). The third-order valence-electron chi connectivity index (χ3n) is 3.78. The molecule has 2 aromatic heterocycles. The number of hydrogen-bond acceptors (Lipinski definition) is 7. The van der Waals surface area contributed by atoms with E-state index in [2.05, 4.69) is 10.1 Å². The molecule has 1 N–H and O–H groups in total. The van der Waals surface area contributed by atoms with Crippen LogP contribution in [-0.4, -0.2) is 19.9 Å². The van der Waals surface area contributed by atoms with Gasteiger partial charge in [0.1, 0.15) is 5.75 Å². The Hall–Kier alpha value is -3.59. The highest BCUT2D eigenvalue weighted by molar-refractivity contribution is 6.30. The second kappa shape index (κ2) is 7.57. The van der Waals surface area contributed by atoms with Gasteiger partial charge in [0.05, 0.1) is 6.54 Å². The Morgan fingerprint density at radius 2 is 1.96 bits per heavy atom. The lowest BCUT2D eigenvalue weighted by molar-refractivity contribution is 0.257. The minimum absolute atomic E-state index is 0.0949. The van der Waals surface area contributed by atoms with Crippen LogP contribution in [0.2, 0.25) is 5.02 Å². The fraction of sp³-hybridized carbons (Fsp3) is 0.111. The van der Waals surface area contributed by atoms with E-state index in [1.165, 1.54) is 0 Å². The molecule has 0 saturated heterocycles. The molecule has 10 heteroatoms. The monoisotopic (exact) mass is 400 g/mol. The second-order valence-electron chi connectivity index (χ2n) is 5.80. The third-order valence-corrected chi connectivity index (χ3v) is 4.03. The van der Waals surface area contributed by atoms with Gasteiger partial charge in [-0.05, 0) is 42.0 Å². The smallest absolute Gasteiger partial charge is 0.440 e. The lowest BCUT2D eigenvalue weighted by Gasteiger charge is -2.05. The van der Waals surface area contributed by atoms with Crippen molar-refractivity contribution in [3.63, 3.8) is 0 Å². The van der Waals surface area contributed by atoms with E-state index in [1.807, 2.05) is 4.98 Å². The van der Waals surface area contributed by atoms with Crippen molar-refractivity contribution in [2.45, 2.75) is 13.2 Å². The molecule has 9 nitrogen and oxygen atoms in total. The first-order valence-corrected chi connectivity index (χ1v) is 8.55. The van der Waals surface area contributed by atoms with E-state index >= 15 is 0 Å². The molecule has 2 aromatic carbocycles. The normalized spacial score (nSPS) is 10.9. The first-order chi connectivity index (χ1) is 13.6. The van der Waals surface area contributed by atoms with E-state index in [9.17, 15) is 9.59 Å². The first kappa shape index (κ1) is 17.8. The van der Waals surface area contributed by atoms with Gasteiger partial charge in [0.15, 0.2) is 6.61 Å². The maximum atomic E-state index is 11.5. The highest BCUT2D eigenvalue weighted by atomic mass is 35.5. The van der Waals surface area contributed by atoms with Gasteiger partial charge in [0.2, 0.25) is 5.82 Å². The number of H-pyrrole nitrogens is 1. The van der Waals surface area contributed by atoms with E-state index in [1.54, 1.807) is 48.5 Å². The molecule has 0 aliphatic carbocycles. The van der Waals surface area contributed by atoms with Gasteiger partial charge in [-0.1, -0.05) is 28.9 Å². The molecule has 0 aliphatic rings. The summed E-state index contributed by atoms with van der Waals surface area (Å²) in [6.07, 6.45) is 0. The fourth-order valence-electron chi connectivity index (χ4n) is 2.49.